The average Bonchev–Trinajstić information content (AvgIpc) is 3.05. The first-order valence-electron chi connectivity index (χ1n) is 6.68. The van der Waals surface area contributed by atoms with Gasteiger partial charge in [0.05, 0.1) is 6.61 Å². The third-order valence-electron chi connectivity index (χ3n) is 2.93. The molecule has 0 fully saturated rings. The number of aliphatic hydroxyl groups excluding tert-OH is 2. The summed E-state index contributed by atoms with van der Waals surface area (Å²) in [5.41, 5.74) is 0. The highest BCUT2D eigenvalue weighted by atomic mass is 32.1. The summed E-state index contributed by atoms with van der Waals surface area (Å²) in [5.74, 6) is 1.67. The first kappa shape index (κ1) is 15.2. The first-order valence-corrected chi connectivity index (χ1v) is 7.50. The molecule has 20 heavy (non-hydrogen) atoms. The molecule has 0 aromatic carbocycles. The standard InChI is InChI=1S/C14H20N2O3S/c1-11-3-4-13(19-11)14-15-9-12(20-14)10-16(6-8-18)5-2-7-17/h3-4,9,17-18H,2,5-8,10H2,1H3. The van der Waals surface area contributed by atoms with E-state index in [1.165, 1.54) is 0 Å². The summed E-state index contributed by atoms with van der Waals surface area (Å²) >= 11 is 1.60. The lowest BCUT2D eigenvalue weighted by molar-refractivity contribution is 0.175. The van der Waals surface area contributed by atoms with Crippen molar-refractivity contribution in [3.05, 3.63) is 29.0 Å². The minimum atomic E-state index is 0.120. The lowest BCUT2D eigenvalue weighted by Crippen LogP contribution is -2.27. The Hall–Kier alpha value is -1.21. The van der Waals surface area contributed by atoms with E-state index in [2.05, 4.69) is 9.88 Å². The smallest absolute Gasteiger partial charge is 0.162 e. The fourth-order valence-electron chi connectivity index (χ4n) is 1.97. The molecule has 6 heteroatoms. The summed E-state index contributed by atoms with van der Waals surface area (Å²) in [5, 5.41) is 18.8. The summed E-state index contributed by atoms with van der Waals surface area (Å²) < 4.78 is 5.56. The van der Waals surface area contributed by atoms with Crippen LogP contribution in [0.4, 0.5) is 0 Å². The Kier molecular flexibility index (Phi) is 5.72. The number of aryl methyl sites for hydroxylation is 1. The van der Waals surface area contributed by atoms with Gasteiger partial charge in [-0.3, -0.25) is 4.90 Å². The Morgan fingerprint density at radius 3 is 2.75 bits per heavy atom. The van der Waals surface area contributed by atoms with E-state index in [4.69, 9.17) is 14.6 Å². The van der Waals surface area contributed by atoms with Crippen LogP contribution in [0.1, 0.15) is 17.1 Å². The normalized spacial score (nSPS) is 11.4. The maximum Gasteiger partial charge on any atom is 0.162 e. The second-order valence-electron chi connectivity index (χ2n) is 4.62. The summed E-state index contributed by atoms with van der Waals surface area (Å²) in [4.78, 5) is 7.62. The molecule has 0 bridgehead atoms. The monoisotopic (exact) mass is 296 g/mol. The highest BCUT2D eigenvalue weighted by Crippen LogP contribution is 2.27. The zero-order valence-corrected chi connectivity index (χ0v) is 12.4. The van der Waals surface area contributed by atoms with E-state index in [9.17, 15) is 0 Å². The number of furan rings is 1. The van der Waals surface area contributed by atoms with Crippen LogP contribution in [0.15, 0.2) is 22.7 Å². The number of hydrogen-bond acceptors (Lipinski definition) is 6. The molecule has 2 N–H and O–H groups in total. The second-order valence-corrected chi connectivity index (χ2v) is 5.73. The summed E-state index contributed by atoms with van der Waals surface area (Å²) in [6, 6.07) is 3.85. The van der Waals surface area contributed by atoms with Crippen LogP contribution in [0.25, 0.3) is 10.8 Å². The SMILES string of the molecule is Cc1ccc(-c2ncc(CN(CCO)CCCO)s2)o1. The van der Waals surface area contributed by atoms with Gasteiger partial charge in [0, 0.05) is 37.3 Å². The van der Waals surface area contributed by atoms with E-state index in [0.29, 0.717) is 13.0 Å². The summed E-state index contributed by atoms with van der Waals surface area (Å²) in [6.45, 7) is 4.31. The van der Waals surface area contributed by atoms with Gasteiger partial charge in [0.15, 0.2) is 10.8 Å². The van der Waals surface area contributed by atoms with Crippen molar-refractivity contribution in [2.75, 3.05) is 26.3 Å². The molecule has 0 saturated heterocycles. The number of thiazole rings is 1. The second kappa shape index (κ2) is 7.54. The largest absolute Gasteiger partial charge is 0.459 e. The molecule has 0 aliphatic rings. The molecule has 2 rings (SSSR count). The molecule has 0 spiro atoms. The van der Waals surface area contributed by atoms with Crippen molar-refractivity contribution in [2.45, 2.75) is 19.9 Å². The van der Waals surface area contributed by atoms with Crippen molar-refractivity contribution in [2.24, 2.45) is 0 Å². The lowest BCUT2D eigenvalue weighted by atomic mass is 10.3. The minimum absolute atomic E-state index is 0.120. The quantitative estimate of drug-likeness (QED) is 0.778. The maximum atomic E-state index is 9.07. The molecule has 2 heterocycles. The molecular formula is C14H20N2O3S. The lowest BCUT2D eigenvalue weighted by Gasteiger charge is -2.19. The van der Waals surface area contributed by atoms with Crippen molar-refractivity contribution < 1.29 is 14.6 Å². The van der Waals surface area contributed by atoms with E-state index in [1.54, 1.807) is 11.3 Å². The highest BCUT2D eigenvalue weighted by molar-refractivity contribution is 7.14. The Bertz CT molecular complexity index is 524. The van der Waals surface area contributed by atoms with E-state index in [0.717, 1.165) is 34.5 Å². The van der Waals surface area contributed by atoms with Crippen LogP contribution >= 0.6 is 11.3 Å². The van der Waals surface area contributed by atoms with Gasteiger partial charge in [-0.15, -0.1) is 11.3 Å². The molecule has 110 valence electrons. The summed E-state index contributed by atoms with van der Waals surface area (Å²) in [7, 11) is 0. The van der Waals surface area contributed by atoms with Crippen LogP contribution in [0, 0.1) is 6.92 Å². The van der Waals surface area contributed by atoms with E-state index in [-0.39, 0.29) is 13.2 Å². The molecule has 0 amide bonds. The van der Waals surface area contributed by atoms with Crippen LogP contribution < -0.4 is 0 Å². The van der Waals surface area contributed by atoms with Gasteiger partial charge in [-0.1, -0.05) is 0 Å². The van der Waals surface area contributed by atoms with Crippen LogP contribution in [-0.4, -0.2) is 46.4 Å². The van der Waals surface area contributed by atoms with Crippen molar-refractivity contribution in [3.63, 3.8) is 0 Å². The molecule has 0 radical (unpaired) electrons. The molecule has 0 unspecified atom stereocenters. The minimum Gasteiger partial charge on any atom is -0.459 e. The van der Waals surface area contributed by atoms with E-state index in [1.807, 2.05) is 25.3 Å². The predicted molar refractivity (Wildman–Crippen MR) is 78.6 cm³/mol. The molecule has 0 atom stereocenters. The topological polar surface area (TPSA) is 69.7 Å². The molecule has 2 aromatic rings. The maximum absolute atomic E-state index is 9.07. The third-order valence-corrected chi connectivity index (χ3v) is 3.93. The fourth-order valence-corrected chi connectivity index (χ4v) is 2.89. The van der Waals surface area contributed by atoms with Gasteiger partial charge >= 0.3 is 0 Å². The van der Waals surface area contributed by atoms with Crippen molar-refractivity contribution in [3.8, 4) is 10.8 Å². The summed E-state index contributed by atoms with van der Waals surface area (Å²) in [6.07, 6.45) is 2.56. The van der Waals surface area contributed by atoms with Crippen LogP contribution in [0.2, 0.25) is 0 Å². The van der Waals surface area contributed by atoms with E-state index >= 15 is 0 Å². The van der Waals surface area contributed by atoms with Crippen LogP contribution in [-0.2, 0) is 6.54 Å². The molecule has 2 aromatic heterocycles. The van der Waals surface area contributed by atoms with Gasteiger partial charge in [-0.05, 0) is 25.5 Å². The Labute approximate surface area is 122 Å². The number of nitrogens with zero attached hydrogens (tertiary/aromatic N) is 2. The Morgan fingerprint density at radius 2 is 2.10 bits per heavy atom. The van der Waals surface area contributed by atoms with Crippen molar-refractivity contribution >= 4 is 11.3 Å². The van der Waals surface area contributed by atoms with Crippen molar-refractivity contribution in [1.29, 1.82) is 0 Å². The zero-order chi connectivity index (χ0) is 14.4. The number of aromatic nitrogens is 1. The van der Waals surface area contributed by atoms with Gasteiger partial charge in [0.1, 0.15) is 5.76 Å². The van der Waals surface area contributed by atoms with Crippen LogP contribution in [0.5, 0.6) is 0 Å². The van der Waals surface area contributed by atoms with Crippen LogP contribution in [0.3, 0.4) is 0 Å². The first-order chi connectivity index (χ1) is 9.72. The van der Waals surface area contributed by atoms with E-state index < -0.39 is 0 Å². The molecule has 0 aliphatic carbocycles. The van der Waals surface area contributed by atoms with Gasteiger partial charge in [-0.2, -0.15) is 0 Å². The number of rotatable bonds is 8. The molecule has 0 aliphatic heterocycles. The predicted octanol–water partition coefficient (Wildman–Crippen LogP) is 1.89. The van der Waals surface area contributed by atoms with Gasteiger partial charge in [-0.25, -0.2) is 4.98 Å². The fraction of sp³-hybridized carbons (Fsp3) is 0.500. The van der Waals surface area contributed by atoms with Crippen molar-refractivity contribution in [1.82, 2.24) is 9.88 Å². The molecule has 0 saturated carbocycles. The molecule has 5 nitrogen and oxygen atoms in total. The number of aliphatic hydroxyl groups is 2. The Balaban J connectivity index is 2.00. The average molecular weight is 296 g/mol. The number of hydrogen-bond donors (Lipinski definition) is 2. The highest BCUT2D eigenvalue weighted by Gasteiger charge is 2.11. The molecular weight excluding hydrogens is 276 g/mol. The van der Waals surface area contributed by atoms with Gasteiger partial charge < -0.3 is 14.6 Å². The third kappa shape index (κ3) is 4.14. The Morgan fingerprint density at radius 1 is 1.25 bits per heavy atom. The van der Waals surface area contributed by atoms with Gasteiger partial charge in [0.2, 0.25) is 0 Å². The zero-order valence-electron chi connectivity index (χ0n) is 11.6. The van der Waals surface area contributed by atoms with Gasteiger partial charge in [0.25, 0.3) is 0 Å².